The number of ether oxygens (including phenoxy) is 1. The molecule has 0 aliphatic carbocycles. The van der Waals surface area contributed by atoms with E-state index in [1.807, 2.05) is 0 Å². The van der Waals surface area contributed by atoms with Crippen LogP contribution in [0.3, 0.4) is 0 Å². The first-order valence-electron chi connectivity index (χ1n) is 7.56. The van der Waals surface area contributed by atoms with Gasteiger partial charge >= 0.3 is 0 Å². The lowest BCUT2D eigenvalue weighted by molar-refractivity contribution is 0.0939. The van der Waals surface area contributed by atoms with Crippen molar-refractivity contribution in [2.24, 2.45) is 0 Å². The van der Waals surface area contributed by atoms with Crippen LogP contribution < -0.4 is 10.1 Å². The van der Waals surface area contributed by atoms with Gasteiger partial charge in [0.1, 0.15) is 6.33 Å². The summed E-state index contributed by atoms with van der Waals surface area (Å²) in [6.45, 7) is 1.78. The first-order chi connectivity index (χ1) is 12.1. The van der Waals surface area contributed by atoms with E-state index >= 15 is 0 Å². The molecule has 3 aromatic rings. The van der Waals surface area contributed by atoms with Gasteiger partial charge in [0, 0.05) is 5.56 Å². The van der Waals surface area contributed by atoms with E-state index in [4.69, 9.17) is 4.74 Å². The van der Waals surface area contributed by atoms with Crippen LogP contribution >= 0.6 is 0 Å². The van der Waals surface area contributed by atoms with Crippen LogP contribution in [0.15, 0.2) is 48.8 Å². The molecule has 0 bridgehead atoms. The third-order valence-corrected chi connectivity index (χ3v) is 3.75. The SMILES string of the molecule is COc1ccc(C(C)NC(=O)c2cccc(-n3cnnn3)c2)cc1F. The number of aromatic nitrogens is 4. The summed E-state index contributed by atoms with van der Waals surface area (Å²) in [5.74, 6) is -0.586. The van der Waals surface area contributed by atoms with Crippen molar-refractivity contribution in [3.05, 3.63) is 65.7 Å². The number of hydrogen-bond acceptors (Lipinski definition) is 5. The summed E-state index contributed by atoms with van der Waals surface area (Å²) < 4.78 is 20.2. The van der Waals surface area contributed by atoms with Gasteiger partial charge in [-0.05, 0) is 53.2 Å². The summed E-state index contributed by atoms with van der Waals surface area (Å²) in [4.78, 5) is 12.5. The second kappa shape index (κ2) is 7.08. The zero-order valence-electron chi connectivity index (χ0n) is 13.7. The van der Waals surface area contributed by atoms with E-state index in [9.17, 15) is 9.18 Å². The number of nitrogens with zero attached hydrogens (tertiary/aromatic N) is 4. The Hall–Kier alpha value is -3.29. The molecule has 128 valence electrons. The number of amides is 1. The second-order valence-electron chi connectivity index (χ2n) is 5.39. The topological polar surface area (TPSA) is 81.9 Å². The summed E-state index contributed by atoms with van der Waals surface area (Å²) in [7, 11) is 1.40. The smallest absolute Gasteiger partial charge is 0.251 e. The molecule has 0 aliphatic rings. The van der Waals surface area contributed by atoms with E-state index in [2.05, 4.69) is 20.8 Å². The molecular weight excluding hydrogens is 325 g/mol. The zero-order valence-corrected chi connectivity index (χ0v) is 13.7. The normalized spacial score (nSPS) is 11.8. The molecule has 1 amide bonds. The molecule has 1 unspecified atom stereocenters. The molecule has 0 saturated heterocycles. The third kappa shape index (κ3) is 3.63. The highest BCUT2D eigenvalue weighted by atomic mass is 19.1. The Balaban J connectivity index is 1.76. The van der Waals surface area contributed by atoms with Gasteiger partial charge in [0.05, 0.1) is 18.8 Å². The number of methoxy groups -OCH3 is 1. The Bertz CT molecular complexity index is 883. The minimum atomic E-state index is -0.471. The van der Waals surface area contributed by atoms with Crippen molar-refractivity contribution in [3.8, 4) is 11.4 Å². The molecular formula is C17H16FN5O2. The molecule has 3 rings (SSSR count). The lowest BCUT2D eigenvalue weighted by atomic mass is 10.1. The molecule has 8 heteroatoms. The van der Waals surface area contributed by atoms with Crippen LogP contribution in [-0.2, 0) is 0 Å². The summed E-state index contributed by atoms with van der Waals surface area (Å²) in [6, 6.07) is 11.1. The zero-order chi connectivity index (χ0) is 17.8. The van der Waals surface area contributed by atoms with Crippen molar-refractivity contribution >= 4 is 5.91 Å². The highest BCUT2D eigenvalue weighted by molar-refractivity contribution is 5.95. The molecule has 1 heterocycles. The van der Waals surface area contributed by atoms with Crippen LogP contribution in [0, 0.1) is 5.82 Å². The summed E-state index contributed by atoms with van der Waals surface area (Å²) >= 11 is 0. The first kappa shape index (κ1) is 16.6. The maximum Gasteiger partial charge on any atom is 0.251 e. The van der Waals surface area contributed by atoms with Crippen molar-refractivity contribution in [3.63, 3.8) is 0 Å². The Kier molecular flexibility index (Phi) is 4.69. The Labute approximate surface area is 143 Å². The third-order valence-electron chi connectivity index (χ3n) is 3.75. The second-order valence-corrected chi connectivity index (χ2v) is 5.39. The van der Waals surface area contributed by atoms with Gasteiger partial charge in [-0.2, -0.15) is 0 Å². The monoisotopic (exact) mass is 341 g/mol. The van der Waals surface area contributed by atoms with Crippen LogP contribution in [0.25, 0.3) is 5.69 Å². The maximum absolute atomic E-state index is 13.8. The highest BCUT2D eigenvalue weighted by Gasteiger charge is 2.14. The fourth-order valence-corrected chi connectivity index (χ4v) is 2.38. The van der Waals surface area contributed by atoms with Gasteiger partial charge < -0.3 is 10.1 Å². The van der Waals surface area contributed by atoms with Crippen molar-refractivity contribution in [1.82, 2.24) is 25.5 Å². The molecule has 0 saturated carbocycles. The van der Waals surface area contributed by atoms with Crippen LogP contribution in [-0.4, -0.2) is 33.2 Å². The largest absolute Gasteiger partial charge is 0.494 e. The predicted octanol–water partition coefficient (Wildman–Crippen LogP) is 2.30. The van der Waals surface area contributed by atoms with Gasteiger partial charge in [-0.3, -0.25) is 4.79 Å². The molecule has 0 spiro atoms. The van der Waals surface area contributed by atoms with Crippen LogP contribution in [0.5, 0.6) is 5.75 Å². The van der Waals surface area contributed by atoms with E-state index in [1.54, 1.807) is 37.3 Å². The molecule has 7 nitrogen and oxygen atoms in total. The number of rotatable bonds is 5. The number of nitrogens with one attached hydrogen (secondary N) is 1. The fourth-order valence-electron chi connectivity index (χ4n) is 2.38. The van der Waals surface area contributed by atoms with Crippen molar-refractivity contribution < 1.29 is 13.9 Å². The maximum atomic E-state index is 13.8. The van der Waals surface area contributed by atoms with E-state index in [-0.39, 0.29) is 17.7 Å². The van der Waals surface area contributed by atoms with Crippen molar-refractivity contribution in [2.75, 3.05) is 7.11 Å². The number of tetrazole rings is 1. The molecule has 2 aromatic carbocycles. The number of carbonyl (C=O) groups is 1. The van der Waals surface area contributed by atoms with E-state index < -0.39 is 5.82 Å². The van der Waals surface area contributed by atoms with E-state index in [1.165, 1.54) is 30.3 Å². The number of benzene rings is 2. The van der Waals surface area contributed by atoms with Crippen molar-refractivity contribution in [2.45, 2.75) is 13.0 Å². The molecule has 0 aliphatic heterocycles. The summed E-state index contributed by atoms with van der Waals surface area (Å²) in [5, 5.41) is 13.8. The minimum absolute atomic E-state index is 0.163. The number of carbonyl (C=O) groups excluding carboxylic acids is 1. The average Bonchev–Trinajstić information content (AvgIpc) is 3.16. The molecule has 0 radical (unpaired) electrons. The summed E-state index contributed by atoms with van der Waals surface area (Å²) in [5.41, 5.74) is 1.76. The summed E-state index contributed by atoms with van der Waals surface area (Å²) in [6.07, 6.45) is 1.44. The van der Waals surface area contributed by atoms with Gasteiger partial charge in [0.2, 0.25) is 0 Å². The van der Waals surface area contributed by atoms with Gasteiger partial charge in [0.15, 0.2) is 11.6 Å². The van der Waals surface area contributed by atoms with E-state index in [0.717, 1.165) is 0 Å². The van der Waals surface area contributed by atoms with Gasteiger partial charge in [0.25, 0.3) is 5.91 Å². The van der Waals surface area contributed by atoms with Gasteiger partial charge in [-0.1, -0.05) is 12.1 Å². The fraction of sp³-hybridized carbons (Fsp3) is 0.176. The lowest BCUT2D eigenvalue weighted by Gasteiger charge is -2.15. The molecule has 25 heavy (non-hydrogen) atoms. The van der Waals surface area contributed by atoms with Crippen LogP contribution in [0.1, 0.15) is 28.9 Å². The quantitative estimate of drug-likeness (QED) is 0.770. The molecule has 1 aromatic heterocycles. The lowest BCUT2D eigenvalue weighted by Crippen LogP contribution is -2.26. The Morgan fingerprint density at radius 1 is 1.28 bits per heavy atom. The van der Waals surface area contributed by atoms with Crippen LogP contribution in [0.2, 0.25) is 0 Å². The Morgan fingerprint density at radius 3 is 2.80 bits per heavy atom. The van der Waals surface area contributed by atoms with E-state index in [0.29, 0.717) is 16.8 Å². The molecule has 1 atom stereocenters. The predicted molar refractivity (Wildman–Crippen MR) is 88.0 cm³/mol. The van der Waals surface area contributed by atoms with Crippen LogP contribution in [0.4, 0.5) is 4.39 Å². The minimum Gasteiger partial charge on any atom is -0.494 e. The van der Waals surface area contributed by atoms with Crippen molar-refractivity contribution in [1.29, 1.82) is 0 Å². The first-order valence-corrected chi connectivity index (χ1v) is 7.56. The standard InChI is InChI=1S/C17H16FN5O2/c1-11(12-6-7-16(25-2)15(18)9-12)20-17(24)13-4-3-5-14(8-13)23-10-19-21-22-23/h3-11H,1-2H3,(H,20,24). The van der Waals surface area contributed by atoms with Gasteiger partial charge in [-0.25, -0.2) is 9.07 Å². The number of hydrogen-bond donors (Lipinski definition) is 1. The van der Waals surface area contributed by atoms with Gasteiger partial charge in [-0.15, -0.1) is 5.10 Å². The molecule has 0 fully saturated rings. The average molecular weight is 341 g/mol. The highest BCUT2D eigenvalue weighted by Crippen LogP contribution is 2.22. The molecule has 1 N–H and O–H groups in total. The Morgan fingerprint density at radius 2 is 2.12 bits per heavy atom. The number of halogens is 1.